The summed E-state index contributed by atoms with van der Waals surface area (Å²) in [6.07, 6.45) is 4.29. The highest BCUT2D eigenvalue weighted by Crippen LogP contribution is 2.18. The van der Waals surface area contributed by atoms with Crippen LogP contribution in [0, 0.1) is 5.82 Å². The lowest BCUT2D eigenvalue weighted by atomic mass is 10.0. The molecule has 0 radical (unpaired) electrons. The van der Waals surface area contributed by atoms with Crippen LogP contribution < -0.4 is 10.5 Å². The van der Waals surface area contributed by atoms with E-state index < -0.39 is 0 Å². The number of likely N-dealkylation sites (tertiary alicyclic amines) is 1. The SMILES string of the molecule is NCC1CCCCN1C(=O)CCCOc1cccc(F)c1. The molecule has 0 aliphatic carbocycles. The van der Waals surface area contributed by atoms with E-state index in [1.54, 1.807) is 12.1 Å². The molecule has 0 saturated carbocycles. The standard InChI is InChI=1S/C16H23FN2O2/c17-13-5-3-7-15(11-13)21-10-4-8-16(20)19-9-2-1-6-14(19)12-18/h3,5,7,11,14H,1-2,4,6,8-10,12,18H2. The van der Waals surface area contributed by atoms with Gasteiger partial charge in [0.05, 0.1) is 6.61 Å². The van der Waals surface area contributed by atoms with Crippen LogP contribution in [0.15, 0.2) is 24.3 Å². The van der Waals surface area contributed by atoms with Crippen LogP contribution in [0.1, 0.15) is 32.1 Å². The van der Waals surface area contributed by atoms with Crippen LogP contribution in [-0.2, 0) is 4.79 Å². The van der Waals surface area contributed by atoms with Gasteiger partial charge >= 0.3 is 0 Å². The molecular formula is C16H23FN2O2. The van der Waals surface area contributed by atoms with E-state index >= 15 is 0 Å². The maximum atomic E-state index is 13.0. The number of hydrogen-bond acceptors (Lipinski definition) is 3. The minimum Gasteiger partial charge on any atom is -0.493 e. The number of carbonyl (C=O) groups is 1. The Morgan fingerprint density at radius 3 is 3.05 bits per heavy atom. The molecule has 1 aliphatic heterocycles. The third-order valence-corrected chi connectivity index (χ3v) is 3.82. The summed E-state index contributed by atoms with van der Waals surface area (Å²) in [6.45, 7) is 1.76. The van der Waals surface area contributed by atoms with Gasteiger partial charge in [0.15, 0.2) is 0 Å². The van der Waals surface area contributed by atoms with Gasteiger partial charge in [-0.1, -0.05) is 6.07 Å². The summed E-state index contributed by atoms with van der Waals surface area (Å²) in [4.78, 5) is 14.1. The quantitative estimate of drug-likeness (QED) is 0.819. The van der Waals surface area contributed by atoms with Gasteiger partial charge in [0.25, 0.3) is 0 Å². The van der Waals surface area contributed by atoms with Crippen LogP contribution in [0.5, 0.6) is 5.75 Å². The van der Waals surface area contributed by atoms with Crippen LogP contribution in [0.25, 0.3) is 0 Å². The number of hydrogen-bond donors (Lipinski definition) is 1. The van der Waals surface area contributed by atoms with Crippen LogP contribution in [0.3, 0.4) is 0 Å². The lowest BCUT2D eigenvalue weighted by Crippen LogP contribution is -2.47. The first kappa shape index (κ1) is 15.8. The molecule has 0 bridgehead atoms. The number of carbonyl (C=O) groups excluding carboxylic acids is 1. The van der Waals surface area contributed by atoms with Gasteiger partial charge in [-0.05, 0) is 37.8 Å². The fraction of sp³-hybridized carbons (Fsp3) is 0.562. The highest BCUT2D eigenvalue weighted by atomic mass is 19.1. The molecule has 0 spiro atoms. The minimum atomic E-state index is -0.317. The van der Waals surface area contributed by atoms with Crippen molar-refractivity contribution in [3.8, 4) is 5.75 Å². The zero-order chi connectivity index (χ0) is 15.1. The zero-order valence-electron chi connectivity index (χ0n) is 12.3. The Bertz CT molecular complexity index is 467. The molecular weight excluding hydrogens is 271 g/mol. The van der Waals surface area contributed by atoms with Crippen LogP contribution in [-0.4, -0.2) is 36.5 Å². The van der Waals surface area contributed by atoms with E-state index in [2.05, 4.69) is 0 Å². The van der Waals surface area contributed by atoms with Crippen molar-refractivity contribution in [1.29, 1.82) is 0 Å². The van der Waals surface area contributed by atoms with Crippen molar-refractivity contribution < 1.29 is 13.9 Å². The number of piperidine rings is 1. The largest absolute Gasteiger partial charge is 0.493 e. The molecule has 1 aromatic rings. The van der Waals surface area contributed by atoms with E-state index in [9.17, 15) is 9.18 Å². The highest BCUT2D eigenvalue weighted by molar-refractivity contribution is 5.76. The number of nitrogens with two attached hydrogens (primary N) is 1. The summed E-state index contributed by atoms with van der Waals surface area (Å²) in [6, 6.07) is 6.22. The lowest BCUT2D eigenvalue weighted by molar-refractivity contribution is -0.134. The van der Waals surface area contributed by atoms with Gasteiger partial charge in [-0.2, -0.15) is 0 Å². The average Bonchev–Trinajstić information content (AvgIpc) is 2.51. The van der Waals surface area contributed by atoms with E-state index in [1.807, 2.05) is 4.90 Å². The van der Waals surface area contributed by atoms with Crippen molar-refractivity contribution in [2.75, 3.05) is 19.7 Å². The van der Waals surface area contributed by atoms with Crippen LogP contribution in [0.4, 0.5) is 4.39 Å². The van der Waals surface area contributed by atoms with Crippen molar-refractivity contribution >= 4 is 5.91 Å². The molecule has 1 aliphatic rings. The topological polar surface area (TPSA) is 55.6 Å². The zero-order valence-corrected chi connectivity index (χ0v) is 12.3. The van der Waals surface area contributed by atoms with E-state index in [0.717, 1.165) is 25.8 Å². The van der Waals surface area contributed by atoms with Crippen LogP contribution in [0.2, 0.25) is 0 Å². The maximum Gasteiger partial charge on any atom is 0.222 e. The average molecular weight is 294 g/mol. The summed E-state index contributed by atoms with van der Waals surface area (Å²) in [7, 11) is 0. The first-order valence-electron chi connectivity index (χ1n) is 7.58. The molecule has 2 rings (SSSR count). The fourth-order valence-corrected chi connectivity index (χ4v) is 2.69. The smallest absolute Gasteiger partial charge is 0.222 e. The summed E-state index contributed by atoms with van der Waals surface area (Å²) in [5, 5.41) is 0. The molecule has 1 saturated heterocycles. The maximum absolute atomic E-state index is 13.0. The third kappa shape index (κ3) is 4.70. The predicted molar refractivity (Wildman–Crippen MR) is 79.5 cm³/mol. The van der Waals surface area contributed by atoms with Crippen molar-refractivity contribution in [1.82, 2.24) is 4.90 Å². The molecule has 0 aromatic heterocycles. The Hall–Kier alpha value is -1.62. The van der Waals surface area contributed by atoms with E-state index in [-0.39, 0.29) is 17.8 Å². The Morgan fingerprint density at radius 2 is 2.29 bits per heavy atom. The molecule has 1 amide bonds. The molecule has 1 fully saturated rings. The number of ether oxygens (including phenoxy) is 1. The van der Waals surface area contributed by atoms with Crippen molar-refractivity contribution in [2.45, 2.75) is 38.1 Å². The van der Waals surface area contributed by atoms with Gasteiger partial charge in [0, 0.05) is 31.6 Å². The van der Waals surface area contributed by atoms with Crippen molar-refractivity contribution in [2.24, 2.45) is 5.73 Å². The van der Waals surface area contributed by atoms with Gasteiger partial charge in [-0.3, -0.25) is 4.79 Å². The molecule has 1 aromatic carbocycles. The molecule has 21 heavy (non-hydrogen) atoms. The number of amides is 1. The van der Waals surface area contributed by atoms with E-state index in [4.69, 9.17) is 10.5 Å². The molecule has 2 N–H and O–H groups in total. The molecule has 1 heterocycles. The van der Waals surface area contributed by atoms with Gasteiger partial charge < -0.3 is 15.4 Å². The molecule has 4 nitrogen and oxygen atoms in total. The molecule has 5 heteroatoms. The normalized spacial score (nSPS) is 18.6. The monoisotopic (exact) mass is 294 g/mol. The first-order chi connectivity index (χ1) is 10.2. The Labute approximate surface area is 125 Å². The summed E-state index contributed by atoms with van der Waals surface area (Å²) in [5.74, 6) is 0.330. The highest BCUT2D eigenvalue weighted by Gasteiger charge is 2.24. The summed E-state index contributed by atoms with van der Waals surface area (Å²) < 4.78 is 18.4. The second kappa shape index (κ2) is 7.98. The van der Waals surface area contributed by atoms with E-state index in [1.165, 1.54) is 12.1 Å². The minimum absolute atomic E-state index is 0.146. The molecule has 116 valence electrons. The summed E-state index contributed by atoms with van der Waals surface area (Å²) >= 11 is 0. The van der Waals surface area contributed by atoms with E-state index in [0.29, 0.717) is 31.7 Å². The number of halogens is 1. The number of nitrogens with zero attached hydrogens (tertiary/aromatic N) is 1. The van der Waals surface area contributed by atoms with Gasteiger partial charge in [-0.25, -0.2) is 4.39 Å². The number of benzene rings is 1. The second-order valence-corrected chi connectivity index (χ2v) is 5.38. The molecule has 1 atom stereocenters. The Balaban J connectivity index is 1.71. The lowest BCUT2D eigenvalue weighted by Gasteiger charge is -2.35. The third-order valence-electron chi connectivity index (χ3n) is 3.82. The summed E-state index contributed by atoms with van der Waals surface area (Å²) in [5.41, 5.74) is 5.72. The molecule has 1 unspecified atom stereocenters. The predicted octanol–water partition coefficient (Wildman–Crippen LogP) is 2.32. The Morgan fingerprint density at radius 1 is 1.43 bits per heavy atom. The van der Waals surface area contributed by atoms with Gasteiger partial charge in [0.2, 0.25) is 5.91 Å². The van der Waals surface area contributed by atoms with Crippen molar-refractivity contribution in [3.05, 3.63) is 30.1 Å². The fourth-order valence-electron chi connectivity index (χ4n) is 2.69. The van der Waals surface area contributed by atoms with Gasteiger partial charge in [0.1, 0.15) is 11.6 Å². The number of rotatable bonds is 6. The Kier molecular flexibility index (Phi) is 5.99. The first-order valence-corrected chi connectivity index (χ1v) is 7.58. The van der Waals surface area contributed by atoms with Gasteiger partial charge in [-0.15, -0.1) is 0 Å². The van der Waals surface area contributed by atoms with Crippen LogP contribution >= 0.6 is 0 Å². The second-order valence-electron chi connectivity index (χ2n) is 5.38. The van der Waals surface area contributed by atoms with Crippen molar-refractivity contribution in [3.63, 3.8) is 0 Å².